The lowest BCUT2D eigenvalue weighted by Crippen LogP contribution is -2.31. The molecular formula is C20H26N2O3. The summed E-state index contributed by atoms with van der Waals surface area (Å²) in [4.78, 5) is 12.0. The molecule has 5 nitrogen and oxygen atoms in total. The molecule has 3 N–H and O–H groups in total. The quantitative estimate of drug-likeness (QED) is 0.682. The van der Waals surface area contributed by atoms with Gasteiger partial charge in [-0.15, -0.1) is 0 Å². The van der Waals surface area contributed by atoms with Crippen molar-refractivity contribution in [3.05, 3.63) is 59.7 Å². The van der Waals surface area contributed by atoms with E-state index in [1.807, 2.05) is 62.4 Å². The van der Waals surface area contributed by atoms with E-state index in [9.17, 15) is 9.90 Å². The number of nitrogens with one attached hydrogen (secondary N) is 2. The summed E-state index contributed by atoms with van der Waals surface area (Å²) in [7, 11) is 0. The highest BCUT2D eigenvalue weighted by Crippen LogP contribution is 2.21. The predicted molar refractivity (Wildman–Crippen MR) is 99.9 cm³/mol. The van der Waals surface area contributed by atoms with Crippen LogP contribution in [0.15, 0.2) is 48.5 Å². The van der Waals surface area contributed by atoms with Gasteiger partial charge in [-0.3, -0.25) is 0 Å². The number of hydrogen-bond donors (Lipinski definition) is 3. The number of amides is 2. The topological polar surface area (TPSA) is 70.6 Å². The van der Waals surface area contributed by atoms with Crippen LogP contribution in [0.25, 0.3) is 0 Å². The standard InChI is InChI=1S/C20H26N2O3/c1-3-17(23)12-13-21-20(24)22-19-11-7-8-16(15(19)2)14-25-18-9-5-4-6-10-18/h4-11,17,23H,3,12-14H2,1-2H3,(H2,21,22,24). The highest BCUT2D eigenvalue weighted by molar-refractivity contribution is 5.90. The van der Waals surface area contributed by atoms with Crippen LogP contribution in [0.5, 0.6) is 5.75 Å². The van der Waals surface area contributed by atoms with E-state index in [0.717, 1.165) is 22.6 Å². The summed E-state index contributed by atoms with van der Waals surface area (Å²) < 4.78 is 5.78. The molecule has 2 rings (SSSR count). The van der Waals surface area contributed by atoms with E-state index in [4.69, 9.17) is 4.74 Å². The van der Waals surface area contributed by atoms with E-state index in [1.54, 1.807) is 0 Å². The normalized spacial score (nSPS) is 11.6. The highest BCUT2D eigenvalue weighted by atomic mass is 16.5. The fourth-order valence-electron chi connectivity index (χ4n) is 2.38. The van der Waals surface area contributed by atoms with E-state index in [-0.39, 0.29) is 12.1 Å². The van der Waals surface area contributed by atoms with Crippen molar-refractivity contribution in [2.45, 2.75) is 39.4 Å². The molecule has 0 bridgehead atoms. The first-order valence-electron chi connectivity index (χ1n) is 8.59. The maximum absolute atomic E-state index is 12.0. The van der Waals surface area contributed by atoms with Gasteiger partial charge in [-0.1, -0.05) is 37.3 Å². The Labute approximate surface area is 149 Å². The third-order valence-electron chi connectivity index (χ3n) is 4.07. The summed E-state index contributed by atoms with van der Waals surface area (Å²) in [5, 5.41) is 15.1. The monoisotopic (exact) mass is 342 g/mol. The number of hydrogen-bond acceptors (Lipinski definition) is 3. The molecule has 2 aromatic carbocycles. The van der Waals surface area contributed by atoms with Gasteiger partial charge >= 0.3 is 6.03 Å². The first-order chi connectivity index (χ1) is 12.1. The number of aliphatic hydroxyl groups excluding tert-OH is 1. The van der Waals surface area contributed by atoms with Gasteiger partial charge in [0.25, 0.3) is 0 Å². The minimum absolute atomic E-state index is 0.271. The largest absolute Gasteiger partial charge is 0.489 e. The second-order valence-corrected chi connectivity index (χ2v) is 5.92. The molecule has 0 spiro atoms. The number of aliphatic hydroxyl groups is 1. The molecular weight excluding hydrogens is 316 g/mol. The third kappa shape index (κ3) is 6.12. The van der Waals surface area contributed by atoms with Crippen molar-refractivity contribution < 1.29 is 14.6 Å². The van der Waals surface area contributed by atoms with Crippen LogP contribution in [0, 0.1) is 6.92 Å². The molecule has 2 amide bonds. The average molecular weight is 342 g/mol. The maximum atomic E-state index is 12.0. The molecule has 0 aromatic heterocycles. The number of rotatable bonds is 8. The molecule has 0 saturated carbocycles. The summed E-state index contributed by atoms with van der Waals surface area (Å²) in [5.41, 5.74) is 2.74. The molecule has 0 fully saturated rings. The van der Waals surface area contributed by atoms with Gasteiger partial charge in [0.15, 0.2) is 0 Å². The van der Waals surface area contributed by atoms with Crippen molar-refractivity contribution in [1.82, 2.24) is 5.32 Å². The fourth-order valence-corrected chi connectivity index (χ4v) is 2.38. The first kappa shape index (κ1) is 18.8. The van der Waals surface area contributed by atoms with Gasteiger partial charge in [-0.25, -0.2) is 4.79 Å². The first-order valence-corrected chi connectivity index (χ1v) is 8.59. The minimum Gasteiger partial charge on any atom is -0.489 e. The fraction of sp³-hybridized carbons (Fsp3) is 0.350. The molecule has 0 aliphatic rings. The van der Waals surface area contributed by atoms with Gasteiger partial charge in [-0.05, 0) is 49.1 Å². The smallest absolute Gasteiger partial charge is 0.319 e. The lowest BCUT2D eigenvalue weighted by atomic mass is 10.1. The molecule has 134 valence electrons. The summed E-state index contributed by atoms with van der Waals surface area (Å²) in [5.74, 6) is 0.812. The highest BCUT2D eigenvalue weighted by Gasteiger charge is 2.08. The second kappa shape index (κ2) is 9.69. The van der Waals surface area contributed by atoms with Crippen molar-refractivity contribution in [3.63, 3.8) is 0 Å². The number of ether oxygens (including phenoxy) is 1. The van der Waals surface area contributed by atoms with Crippen LogP contribution in [0.3, 0.4) is 0 Å². The number of carbonyl (C=O) groups is 1. The van der Waals surface area contributed by atoms with Gasteiger partial charge in [0.1, 0.15) is 12.4 Å². The van der Waals surface area contributed by atoms with Crippen LogP contribution < -0.4 is 15.4 Å². The number of carbonyl (C=O) groups excluding carboxylic acids is 1. The van der Waals surface area contributed by atoms with Gasteiger partial charge in [-0.2, -0.15) is 0 Å². The van der Waals surface area contributed by atoms with Crippen LogP contribution >= 0.6 is 0 Å². The maximum Gasteiger partial charge on any atom is 0.319 e. The molecule has 5 heteroatoms. The van der Waals surface area contributed by atoms with Crippen molar-refractivity contribution >= 4 is 11.7 Å². The summed E-state index contributed by atoms with van der Waals surface area (Å²) in [6.45, 7) is 4.75. The average Bonchev–Trinajstić information content (AvgIpc) is 2.63. The molecule has 25 heavy (non-hydrogen) atoms. The molecule has 0 radical (unpaired) electrons. The number of urea groups is 1. The Morgan fingerprint density at radius 3 is 2.64 bits per heavy atom. The Morgan fingerprint density at radius 2 is 1.92 bits per heavy atom. The van der Waals surface area contributed by atoms with E-state index in [1.165, 1.54) is 0 Å². The second-order valence-electron chi connectivity index (χ2n) is 5.92. The lowest BCUT2D eigenvalue weighted by molar-refractivity contribution is 0.160. The zero-order chi connectivity index (χ0) is 18.1. The van der Waals surface area contributed by atoms with Gasteiger partial charge in [0.05, 0.1) is 6.10 Å². The molecule has 0 aliphatic carbocycles. The summed E-state index contributed by atoms with van der Waals surface area (Å²) in [6.07, 6.45) is 0.861. The molecule has 1 atom stereocenters. The van der Waals surface area contributed by atoms with E-state index in [2.05, 4.69) is 10.6 Å². The number of para-hydroxylation sites is 1. The lowest BCUT2D eigenvalue weighted by Gasteiger charge is -2.14. The van der Waals surface area contributed by atoms with Crippen LogP contribution in [-0.4, -0.2) is 23.8 Å². The molecule has 0 saturated heterocycles. The Hall–Kier alpha value is -2.53. The van der Waals surface area contributed by atoms with Crippen LogP contribution in [0.4, 0.5) is 10.5 Å². The third-order valence-corrected chi connectivity index (χ3v) is 4.07. The van der Waals surface area contributed by atoms with Gasteiger partial charge in [0.2, 0.25) is 0 Å². The Balaban J connectivity index is 1.90. The van der Waals surface area contributed by atoms with Crippen molar-refractivity contribution in [3.8, 4) is 5.75 Å². The number of benzene rings is 2. The van der Waals surface area contributed by atoms with Crippen LogP contribution in [0.2, 0.25) is 0 Å². The molecule has 1 unspecified atom stereocenters. The molecule has 0 aliphatic heterocycles. The zero-order valence-electron chi connectivity index (χ0n) is 14.8. The van der Waals surface area contributed by atoms with Crippen LogP contribution in [-0.2, 0) is 6.61 Å². The molecule has 0 heterocycles. The summed E-state index contributed by atoms with van der Waals surface area (Å²) in [6, 6.07) is 15.1. The van der Waals surface area contributed by atoms with E-state index >= 15 is 0 Å². The van der Waals surface area contributed by atoms with Crippen molar-refractivity contribution in [2.75, 3.05) is 11.9 Å². The Kier molecular flexibility index (Phi) is 7.29. The van der Waals surface area contributed by atoms with E-state index in [0.29, 0.717) is 26.0 Å². The van der Waals surface area contributed by atoms with Gasteiger partial charge < -0.3 is 20.5 Å². The van der Waals surface area contributed by atoms with Crippen LogP contribution in [0.1, 0.15) is 30.9 Å². The SMILES string of the molecule is CCC(O)CCNC(=O)Nc1cccc(COc2ccccc2)c1C. The van der Waals surface area contributed by atoms with E-state index < -0.39 is 0 Å². The number of anilines is 1. The molecule has 2 aromatic rings. The predicted octanol–water partition coefficient (Wildman–Crippen LogP) is 3.86. The minimum atomic E-state index is -0.375. The van der Waals surface area contributed by atoms with Gasteiger partial charge in [0, 0.05) is 12.2 Å². The van der Waals surface area contributed by atoms with Crippen molar-refractivity contribution in [1.29, 1.82) is 0 Å². The summed E-state index contributed by atoms with van der Waals surface area (Å²) >= 11 is 0. The Morgan fingerprint density at radius 1 is 1.16 bits per heavy atom. The zero-order valence-corrected chi connectivity index (χ0v) is 14.8. The Bertz CT molecular complexity index is 674. The van der Waals surface area contributed by atoms with Crippen molar-refractivity contribution in [2.24, 2.45) is 0 Å².